The van der Waals surface area contributed by atoms with E-state index in [-0.39, 0.29) is 0 Å². The molecule has 2 rings (SSSR count). The predicted molar refractivity (Wildman–Crippen MR) is 83.3 cm³/mol. The minimum atomic E-state index is -0.875. The van der Waals surface area contributed by atoms with Gasteiger partial charge in [0.05, 0.1) is 5.60 Å². The Morgan fingerprint density at radius 2 is 1.63 bits per heavy atom. The Bertz CT molecular complexity index is 567. The second-order valence-corrected chi connectivity index (χ2v) is 6.28. The maximum Gasteiger partial charge on any atom is 0.0919 e. The van der Waals surface area contributed by atoms with Crippen molar-refractivity contribution in [3.63, 3.8) is 0 Å². The van der Waals surface area contributed by atoms with Crippen LogP contribution in [0.15, 0.2) is 46.9 Å². The van der Waals surface area contributed by atoms with E-state index in [9.17, 15) is 5.11 Å². The molecule has 100 valence electrons. The van der Waals surface area contributed by atoms with Crippen LogP contribution in [0.3, 0.4) is 0 Å². The Morgan fingerprint density at radius 1 is 1.05 bits per heavy atom. The average molecular weight is 319 g/mol. The first-order valence-corrected chi connectivity index (χ1v) is 7.22. The monoisotopic (exact) mass is 318 g/mol. The molecular formula is C17H19BrO. The molecular weight excluding hydrogens is 300 g/mol. The Morgan fingerprint density at radius 3 is 2.21 bits per heavy atom. The van der Waals surface area contributed by atoms with Gasteiger partial charge in [0.2, 0.25) is 0 Å². The second kappa shape index (κ2) is 5.48. The first kappa shape index (κ1) is 14.3. The van der Waals surface area contributed by atoms with Crippen LogP contribution < -0.4 is 0 Å². The molecule has 0 aliphatic carbocycles. The molecule has 19 heavy (non-hydrogen) atoms. The van der Waals surface area contributed by atoms with Crippen molar-refractivity contribution in [3.05, 3.63) is 69.2 Å². The molecule has 0 saturated heterocycles. The van der Waals surface area contributed by atoms with Crippen LogP contribution in [-0.4, -0.2) is 5.11 Å². The van der Waals surface area contributed by atoms with Gasteiger partial charge in [-0.1, -0.05) is 63.5 Å². The van der Waals surface area contributed by atoms with E-state index in [0.29, 0.717) is 6.42 Å². The van der Waals surface area contributed by atoms with Crippen LogP contribution in [0.5, 0.6) is 0 Å². The van der Waals surface area contributed by atoms with Gasteiger partial charge in [-0.25, -0.2) is 0 Å². The maximum absolute atomic E-state index is 10.8. The molecule has 0 aliphatic heterocycles. The zero-order valence-corrected chi connectivity index (χ0v) is 13.2. The van der Waals surface area contributed by atoms with Gasteiger partial charge in [-0.15, -0.1) is 0 Å². The number of aryl methyl sites for hydroxylation is 2. The van der Waals surface area contributed by atoms with Crippen LogP contribution >= 0.6 is 15.9 Å². The minimum Gasteiger partial charge on any atom is -0.385 e. The Balaban J connectivity index is 2.33. The number of benzene rings is 2. The summed E-state index contributed by atoms with van der Waals surface area (Å²) >= 11 is 3.51. The largest absolute Gasteiger partial charge is 0.385 e. The molecule has 2 heteroatoms. The van der Waals surface area contributed by atoms with Crippen LogP contribution in [0.4, 0.5) is 0 Å². The highest BCUT2D eigenvalue weighted by Crippen LogP contribution is 2.31. The number of aliphatic hydroxyl groups is 1. The Labute approximate surface area is 123 Å². The highest BCUT2D eigenvalue weighted by atomic mass is 79.9. The topological polar surface area (TPSA) is 20.2 Å². The third kappa shape index (κ3) is 3.46. The van der Waals surface area contributed by atoms with Crippen molar-refractivity contribution < 1.29 is 5.11 Å². The van der Waals surface area contributed by atoms with Gasteiger partial charge in [0.1, 0.15) is 0 Å². The summed E-state index contributed by atoms with van der Waals surface area (Å²) in [6.07, 6.45) is 0.609. The summed E-state index contributed by atoms with van der Waals surface area (Å²) in [6, 6.07) is 14.3. The van der Waals surface area contributed by atoms with Gasteiger partial charge < -0.3 is 5.11 Å². The molecule has 0 heterocycles. The van der Waals surface area contributed by atoms with Crippen molar-refractivity contribution in [2.45, 2.75) is 32.8 Å². The van der Waals surface area contributed by atoms with Crippen LogP contribution in [0.1, 0.15) is 29.2 Å². The van der Waals surface area contributed by atoms with Crippen molar-refractivity contribution in [1.29, 1.82) is 0 Å². The summed E-state index contributed by atoms with van der Waals surface area (Å²) in [7, 11) is 0. The molecule has 0 radical (unpaired) electrons. The third-order valence-electron chi connectivity index (χ3n) is 3.28. The van der Waals surface area contributed by atoms with Gasteiger partial charge in [0, 0.05) is 10.9 Å². The molecule has 0 fully saturated rings. The third-order valence-corrected chi connectivity index (χ3v) is 3.98. The molecule has 0 bridgehead atoms. The van der Waals surface area contributed by atoms with Gasteiger partial charge in [-0.3, -0.25) is 0 Å². The van der Waals surface area contributed by atoms with Crippen molar-refractivity contribution in [1.82, 2.24) is 0 Å². The Kier molecular flexibility index (Phi) is 4.12. The number of hydrogen-bond donors (Lipinski definition) is 1. The van der Waals surface area contributed by atoms with Gasteiger partial charge >= 0.3 is 0 Å². The number of hydrogen-bond acceptors (Lipinski definition) is 1. The molecule has 2 aromatic rings. The normalized spacial score (nSPS) is 14.2. The first-order chi connectivity index (χ1) is 8.88. The van der Waals surface area contributed by atoms with E-state index in [2.05, 4.69) is 48.0 Å². The van der Waals surface area contributed by atoms with Crippen LogP contribution in [-0.2, 0) is 12.0 Å². The van der Waals surface area contributed by atoms with Gasteiger partial charge in [0.25, 0.3) is 0 Å². The fourth-order valence-corrected chi connectivity index (χ4v) is 3.27. The molecule has 0 saturated carbocycles. The lowest BCUT2D eigenvalue weighted by atomic mass is 9.88. The smallest absolute Gasteiger partial charge is 0.0919 e. The zero-order valence-electron chi connectivity index (χ0n) is 11.6. The molecule has 2 aromatic carbocycles. The van der Waals surface area contributed by atoms with E-state index < -0.39 is 5.60 Å². The molecule has 1 atom stereocenters. The Hall–Kier alpha value is -1.12. The quantitative estimate of drug-likeness (QED) is 0.882. The van der Waals surface area contributed by atoms with Crippen molar-refractivity contribution in [2.75, 3.05) is 0 Å². The fourth-order valence-electron chi connectivity index (χ4n) is 2.56. The van der Waals surface area contributed by atoms with Crippen molar-refractivity contribution in [3.8, 4) is 0 Å². The summed E-state index contributed by atoms with van der Waals surface area (Å²) in [4.78, 5) is 0. The number of rotatable bonds is 3. The van der Waals surface area contributed by atoms with Gasteiger partial charge in [0.15, 0.2) is 0 Å². The predicted octanol–water partition coefficient (Wildman–Crippen LogP) is 4.52. The average Bonchev–Trinajstić information content (AvgIpc) is 2.26. The molecule has 0 spiro atoms. The summed E-state index contributed by atoms with van der Waals surface area (Å²) in [5, 5.41) is 10.8. The van der Waals surface area contributed by atoms with E-state index in [4.69, 9.17) is 0 Å². The first-order valence-electron chi connectivity index (χ1n) is 6.43. The van der Waals surface area contributed by atoms with E-state index in [1.165, 1.54) is 16.7 Å². The van der Waals surface area contributed by atoms with Gasteiger partial charge in [-0.05, 0) is 38.0 Å². The molecule has 0 aliphatic rings. The molecule has 0 amide bonds. The summed E-state index contributed by atoms with van der Waals surface area (Å²) in [5.74, 6) is 0. The maximum atomic E-state index is 10.8. The van der Waals surface area contributed by atoms with Crippen LogP contribution in [0, 0.1) is 13.8 Å². The van der Waals surface area contributed by atoms with Crippen LogP contribution in [0.25, 0.3) is 0 Å². The second-order valence-electron chi connectivity index (χ2n) is 5.43. The lowest BCUT2D eigenvalue weighted by Gasteiger charge is -2.25. The molecule has 1 N–H and O–H groups in total. The van der Waals surface area contributed by atoms with E-state index >= 15 is 0 Å². The number of halogens is 1. The molecule has 1 unspecified atom stereocenters. The highest BCUT2D eigenvalue weighted by molar-refractivity contribution is 9.10. The van der Waals surface area contributed by atoms with E-state index in [1.807, 2.05) is 31.2 Å². The lowest BCUT2D eigenvalue weighted by Crippen LogP contribution is -2.24. The van der Waals surface area contributed by atoms with Crippen molar-refractivity contribution in [2.24, 2.45) is 0 Å². The van der Waals surface area contributed by atoms with E-state index in [1.54, 1.807) is 0 Å². The van der Waals surface area contributed by atoms with Crippen molar-refractivity contribution >= 4 is 15.9 Å². The summed E-state index contributed by atoms with van der Waals surface area (Å²) in [5.41, 5.74) is 3.68. The molecule has 1 nitrogen and oxygen atoms in total. The molecule has 0 aromatic heterocycles. The minimum absolute atomic E-state index is 0.609. The standard InChI is InChI=1S/C17H19BrO/c1-12-8-13(2)10-14(9-12)11-17(3,19)15-6-4-5-7-16(15)18/h4-10,19H,11H2,1-3H3. The highest BCUT2D eigenvalue weighted by Gasteiger charge is 2.25. The zero-order chi connectivity index (χ0) is 14.0. The lowest BCUT2D eigenvalue weighted by molar-refractivity contribution is 0.0569. The summed E-state index contributed by atoms with van der Waals surface area (Å²) < 4.78 is 0.948. The van der Waals surface area contributed by atoms with Gasteiger partial charge in [-0.2, -0.15) is 0 Å². The van der Waals surface area contributed by atoms with Crippen LogP contribution in [0.2, 0.25) is 0 Å². The fraction of sp³-hybridized carbons (Fsp3) is 0.294. The SMILES string of the molecule is Cc1cc(C)cc(CC(C)(O)c2ccccc2Br)c1. The summed E-state index contributed by atoms with van der Waals surface area (Å²) in [6.45, 7) is 6.04. The van der Waals surface area contributed by atoms with E-state index in [0.717, 1.165) is 10.0 Å².